The number of hydrogen-bond acceptors (Lipinski definition) is 4. The van der Waals surface area contributed by atoms with Crippen LogP contribution in [0.25, 0.3) is 0 Å². The van der Waals surface area contributed by atoms with Crippen LogP contribution in [0.4, 0.5) is 0 Å². The summed E-state index contributed by atoms with van der Waals surface area (Å²) in [5.41, 5.74) is 4.53. The molecule has 7 heteroatoms. The minimum absolute atomic E-state index is 0.0855. The van der Waals surface area contributed by atoms with Gasteiger partial charge in [-0.25, -0.2) is 0 Å². The van der Waals surface area contributed by atoms with E-state index in [-0.39, 0.29) is 17.9 Å². The first-order valence-corrected chi connectivity index (χ1v) is 9.75. The molecule has 0 radical (unpaired) electrons. The van der Waals surface area contributed by atoms with E-state index in [1.807, 2.05) is 41.5 Å². The molecule has 0 bridgehead atoms. The molecule has 0 aliphatic carbocycles. The van der Waals surface area contributed by atoms with Gasteiger partial charge in [-0.3, -0.25) is 14.2 Å². The monoisotopic (exact) mass is 372 g/mol. The van der Waals surface area contributed by atoms with Gasteiger partial charge in [0.25, 0.3) is 0 Å². The van der Waals surface area contributed by atoms with E-state index in [9.17, 15) is 4.79 Å². The third-order valence-electron chi connectivity index (χ3n) is 5.53. The summed E-state index contributed by atoms with van der Waals surface area (Å²) in [6.45, 7) is 11.0. The molecule has 27 heavy (non-hydrogen) atoms. The van der Waals surface area contributed by atoms with Gasteiger partial charge in [-0.15, -0.1) is 0 Å². The molecule has 2 atom stereocenters. The van der Waals surface area contributed by atoms with Crippen LogP contribution in [-0.2, 0) is 24.9 Å². The van der Waals surface area contributed by atoms with Gasteiger partial charge >= 0.3 is 0 Å². The van der Waals surface area contributed by atoms with Gasteiger partial charge in [0.15, 0.2) is 0 Å². The number of likely N-dealkylation sites (tertiary alicyclic amines) is 1. The maximum absolute atomic E-state index is 12.4. The normalized spacial score (nSPS) is 20.3. The summed E-state index contributed by atoms with van der Waals surface area (Å²) in [6.07, 6.45) is 4.61. The predicted octanol–water partition coefficient (Wildman–Crippen LogP) is 2.20. The van der Waals surface area contributed by atoms with Gasteiger partial charge in [0.05, 0.1) is 17.9 Å². The van der Waals surface area contributed by atoms with E-state index in [0.717, 1.165) is 31.0 Å². The minimum atomic E-state index is 0.0855. The molecule has 1 aliphatic rings. The second kappa shape index (κ2) is 7.84. The number of rotatable bonds is 7. The Balaban J connectivity index is 1.66. The van der Waals surface area contributed by atoms with Crippen molar-refractivity contribution in [2.24, 2.45) is 18.9 Å². The Morgan fingerprint density at radius 1 is 1.30 bits per heavy atom. The fraction of sp³-hybridized carbons (Fsp3) is 0.650. The van der Waals surface area contributed by atoms with Gasteiger partial charge in [0.2, 0.25) is 5.91 Å². The molecule has 2 aromatic rings. The van der Waals surface area contributed by atoms with Crippen LogP contribution >= 0.6 is 0 Å². The third-order valence-corrected chi connectivity index (χ3v) is 5.53. The Kier molecular flexibility index (Phi) is 5.69. The lowest BCUT2D eigenvalue weighted by Crippen LogP contribution is -2.29. The van der Waals surface area contributed by atoms with Crippen molar-refractivity contribution in [2.75, 3.05) is 13.6 Å². The summed E-state index contributed by atoms with van der Waals surface area (Å²) in [5.74, 6) is 1.03. The van der Waals surface area contributed by atoms with Gasteiger partial charge in [-0.2, -0.15) is 10.2 Å². The third kappa shape index (κ3) is 4.08. The molecular weight excluding hydrogens is 340 g/mol. The van der Waals surface area contributed by atoms with Crippen LogP contribution in [0.3, 0.4) is 0 Å². The topological polar surface area (TPSA) is 68.0 Å². The summed E-state index contributed by atoms with van der Waals surface area (Å²) in [6, 6.07) is 0.0855. The number of aryl methyl sites for hydroxylation is 2. The van der Waals surface area contributed by atoms with Gasteiger partial charge in [0.1, 0.15) is 0 Å². The van der Waals surface area contributed by atoms with E-state index in [1.54, 1.807) is 0 Å². The van der Waals surface area contributed by atoms with Crippen molar-refractivity contribution in [2.45, 2.75) is 53.2 Å². The zero-order valence-corrected chi connectivity index (χ0v) is 17.4. The standard InChI is InChI=1S/C20H32N6O/c1-13(2)11-26-12-16(9-22-26)8-21-10-17-7-18(27)24(5)20(17)19-14(3)23-25(6)15(19)4/h9,12-13,17,20-21H,7-8,10-11H2,1-6H3/t17-,20+/m0/s1. The number of aromatic nitrogens is 4. The summed E-state index contributed by atoms with van der Waals surface area (Å²) in [5, 5.41) is 12.5. The second-order valence-corrected chi connectivity index (χ2v) is 8.22. The molecule has 7 nitrogen and oxygen atoms in total. The summed E-state index contributed by atoms with van der Waals surface area (Å²) in [7, 11) is 3.87. The highest BCUT2D eigenvalue weighted by molar-refractivity contribution is 5.79. The molecule has 1 fully saturated rings. The summed E-state index contributed by atoms with van der Waals surface area (Å²) < 4.78 is 3.91. The predicted molar refractivity (Wildman–Crippen MR) is 105 cm³/mol. The summed E-state index contributed by atoms with van der Waals surface area (Å²) in [4.78, 5) is 14.3. The largest absolute Gasteiger partial charge is 0.338 e. The number of amides is 1. The van der Waals surface area contributed by atoms with E-state index in [1.165, 1.54) is 11.1 Å². The lowest BCUT2D eigenvalue weighted by Gasteiger charge is -2.26. The minimum Gasteiger partial charge on any atom is -0.338 e. The molecule has 2 aromatic heterocycles. The van der Waals surface area contributed by atoms with E-state index in [0.29, 0.717) is 12.3 Å². The molecule has 148 valence electrons. The number of carbonyl (C=O) groups excluding carboxylic acids is 1. The molecular formula is C20H32N6O. The van der Waals surface area contributed by atoms with Crippen LogP contribution in [-0.4, -0.2) is 44.0 Å². The zero-order valence-electron chi connectivity index (χ0n) is 17.4. The van der Waals surface area contributed by atoms with Crippen molar-refractivity contribution in [1.82, 2.24) is 29.8 Å². The molecule has 1 amide bonds. The molecule has 1 saturated heterocycles. The molecule has 0 aromatic carbocycles. The Bertz CT molecular complexity index is 805. The van der Waals surface area contributed by atoms with Crippen molar-refractivity contribution >= 4 is 5.91 Å². The molecule has 3 rings (SSSR count). The van der Waals surface area contributed by atoms with Crippen LogP contribution in [0, 0.1) is 25.7 Å². The number of hydrogen-bond donors (Lipinski definition) is 1. The van der Waals surface area contributed by atoms with Crippen LogP contribution in [0.5, 0.6) is 0 Å². The molecule has 3 heterocycles. The van der Waals surface area contributed by atoms with Crippen molar-refractivity contribution in [1.29, 1.82) is 0 Å². The zero-order chi connectivity index (χ0) is 19.7. The Morgan fingerprint density at radius 2 is 2.04 bits per heavy atom. The number of carbonyl (C=O) groups is 1. The Morgan fingerprint density at radius 3 is 2.67 bits per heavy atom. The van der Waals surface area contributed by atoms with E-state index in [4.69, 9.17) is 0 Å². The molecule has 0 unspecified atom stereocenters. The first kappa shape index (κ1) is 19.6. The lowest BCUT2D eigenvalue weighted by atomic mass is 9.92. The van der Waals surface area contributed by atoms with Crippen molar-refractivity contribution in [3.8, 4) is 0 Å². The van der Waals surface area contributed by atoms with Crippen molar-refractivity contribution in [3.63, 3.8) is 0 Å². The molecule has 0 saturated carbocycles. The van der Waals surface area contributed by atoms with Gasteiger partial charge < -0.3 is 10.2 Å². The average Bonchev–Trinajstić information content (AvgIpc) is 3.20. The molecule has 0 spiro atoms. The molecule has 1 aliphatic heterocycles. The first-order valence-electron chi connectivity index (χ1n) is 9.75. The SMILES string of the molecule is Cc1nn(C)c(C)c1[C@H]1[C@H](CNCc2cnn(CC(C)C)c2)CC(=O)N1C. The van der Waals surface area contributed by atoms with Gasteiger partial charge in [-0.1, -0.05) is 13.8 Å². The highest BCUT2D eigenvalue weighted by atomic mass is 16.2. The molecule has 1 N–H and O–H groups in total. The van der Waals surface area contributed by atoms with Crippen LogP contribution in [0.2, 0.25) is 0 Å². The summed E-state index contributed by atoms with van der Waals surface area (Å²) >= 11 is 0. The van der Waals surface area contributed by atoms with Gasteiger partial charge in [-0.05, 0) is 19.8 Å². The first-order chi connectivity index (χ1) is 12.8. The van der Waals surface area contributed by atoms with E-state index in [2.05, 4.69) is 42.5 Å². The highest BCUT2D eigenvalue weighted by Crippen LogP contribution is 2.39. The van der Waals surface area contributed by atoms with Crippen molar-refractivity contribution in [3.05, 3.63) is 34.9 Å². The fourth-order valence-electron chi connectivity index (χ4n) is 4.16. The van der Waals surface area contributed by atoms with Crippen molar-refractivity contribution < 1.29 is 4.79 Å². The maximum Gasteiger partial charge on any atom is 0.223 e. The average molecular weight is 373 g/mol. The number of nitrogens with one attached hydrogen (secondary N) is 1. The Labute approximate surface area is 161 Å². The Hall–Kier alpha value is -2.15. The highest BCUT2D eigenvalue weighted by Gasteiger charge is 2.40. The quantitative estimate of drug-likeness (QED) is 0.809. The van der Waals surface area contributed by atoms with Crippen LogP contribution in [0.15, 0.2) is 12.4 Å². The maximum atomic E-state index is 12.4. The smallest absolute Gasteiger partial charge is 0.223 e. The van der Waals surface area contributed by atoms with Crippen LogP contribution in [0.1, 0.15) is 48.8 Å². The second-order valence-electron chi connectivity index (χ2n) is 8.22. The van der Waals surface area contributed by atoms with Crippen LogP contribution < -0.4 is 5.32 Å². The van der Waals surface area contributed by atoms with Gasteiger partial charge in [0, 0.05) is 69.1 Å². The lowest BCUT2D eigenvalue weighted by molar-refractivity contribution is -0.127. The fourth-order valence-corrected chi connectivity index (χ4v) is 4.16. The van der Waals surface area contributed by atoms with E-state index >= 15 is 0 Å². The number of nitrogens with zero attached hydrogens (tertiary/aromatic N) is 5. The van der Waals surface area contributed by atoms with E-state index < -0.39 is 0 Å².